The number of nitrogens with one attached hydrogen (secondary N) is 2. The number of hydrogen-bond acceptors (Lipinski definition) is 10. The van der Waals surface area contributed by atoms with Gasteiger partial charge in [0.05, 0.1) is 28.9 Å². The molecule has 4 N–H and O–H groups in total. The van der Waals surface area contributed by atoms with Crippen LogP contribution in [-0.2, 0) is 23.2 Å². The summed E-state index contributed by atoms with van der Waals surface area (Å²) in [6.45, 7) is 1.30. The molecule has 2 aliphatic rings. The number of rotatable bonds is 8. The maximum absolute atomic E-state index is 15.4. The molecule has 2 fully saturated rings. The Labute approximate surface area is 281 Å². The van der Waals surface area contributed by atoms with Gasteiger partial charge in [0.15, 0.2) is 5.82 Å². The molecule has 5 aromatic rings. The van der Waals surface area contributed by atoms with Gasteiger partial charge in [0, 0.05) is 30.6 Å². The molecule has 246 valence electrons. The van der Waals surface area contributed by atoms with Crippen molar-refractivity contribution in [3.8, 4) is 17.1 Å². The van der Waals surface area contributed by atoms with Crippen LogP contribution in [0.15, 0.2) is 59.8 Å². The van der Waals surface area contributed by atoms with Crippen LogP contribution in [-0.4, -0.2) is 48.4 Å². The summed E-state index contributed by atoms with van der Waals surface area (Å²) in [5.74, 6) is -0.415. The molecule has 15 heteroatoms. The number of anilines is 3. The van der Waals surface area contributed by atoms with E-state index in [-0.39, 0.29) is 66.4 Å². The Bertz CT molecular complexity index is 1990. The lowest BCUT2D eigenvalue weighted by molar-refractivity contribution is -0.150. The SMILES string of the molecule is Cl.Cl.Cn1cc(Nc2nc(N)nc(-c3cccc(-n4ccc5cc(C6CC6)cc(F)c5c4=O)c3COC(=O)C3CCNCC3)n2)cn1. The van der Waals surface area contributed by atoms with Crippen LogP contribution >= 0.6 is 24.8 Å². The van der Waals surface area contributed by atoms with Gasteiger partial charge in [-0.1, -0.05) is 18.2 Å². The Morgan fingerprint density at radius 3 is 2.62 bits per heavy atom. The third kappa shape index (κ3) is 7.07. The summed E-state index contributed by atoms with van der Waals surface area (Å²) in [6.07, 6.45) is 8.38. The summed E-state index contributed by atoms with van der Waals surface area (Å²) in [7, 11) is 1.79. The number of carbonyl (C=O) groups is 1. The zero-order valence-electron chi connectivity index (χ0n) is 25.5. The molecule has 1 aliphatic heterocycles. The van der Waals surface area contributed by atoms with E-state index in [1.54, 1.807) is 54.6 Å². The molecule has 1 saturated carbocycles. The van der Waals surface area contributed by atoms with Gasteiger partial charge in [-0.2, -0.15) is 20.1 Å². The van der Waals surface area contributed by atoms with Crippen LogP contribution in [0.25, 0.3) is 27.8 Å². The minimum Gasteiger partial charge on any atom is -0.460 e. The van der Waals surface area contributed by atoms with Crippen molar-refractivity contribution in [2.24, 2.45) is 13.0 Å². The predicted molar refractivity (Wildman–Crippen MR) is 181 cm³/mol. The van der Waals surface area contributed by atoms with Crippen molar-refractivity contribution in [3.63, 3.8) is 0 Å². The number of carbonyl (C=O) groups excluding carboxylic acids is 1. The van der Waals surface area contributed by atoms with E-state index in [1.165, 1.54) is 10.6 Å². The van der Waals surface area contributed by atoms with Gasteiger partial charge >= 0.3 is 5.97 Å². The number of fused-ring (bicyclic) bond motifs is 1. The molecule has 47 heavy (non-hydrogen) atoms. The summed E-state index contributed by atoms with van der Waals surface area (Å²) in [5, 5.41) is 11.0. The number of aryl methyl sites for hydroxylation is 1. The van der Waals surface area contributed by atoms with Crippen molar-refractivity contribution in [1.29, 1.82) is 0 Å². The first-order chi connectivity index (χ1) is 21.8. The number of hydrogen-bond donors (Lipinski definition) is 3. The lowest BCUT2D eigenvalue weighted by Gasteiger charge is -2.22. The number of nitrogens with zero attached hydrogens (tertiary/aromatic N) is 6. The second-order valence-electron chi connectivity index (χ2n) is 11.5. The normalized spacial score (nSPS) is 14.7. The topological polar surface area (TPSA) is 155 Å². The van der Waals surface area contributed by atoms with Crippen LogP contribution in [0.2, 0.25) is 0 Å². The molecule has 2 aromatic carbocycles. The number of halogens is 3. The summed E-state index contributed by atoms with van der Waals surface area (Å²) in [6, 6.07) is 10.3. The van der Waals surface area contributed by atoms with Gasteiger partial charge in [-0.05, 0) is 73.8 Å². The van der Waals surface area contributed by atoms with Crippen molar-refractivity contribution < 1.29 is 13.9 Å². The average Bonchev–Trinajstić information content (AvgIpc) is 3.81. The molecule has 12 nitrogen and oxygen atoms in total. The van der Waals surface area contributed by atoms with Gasteiger partial charge in [-0.15, -0.1) is 24.8 Å². The molecule has 1 saturated heterocycles. The van der Waals surface area contributed by atoms with Crippen molar-refractivity contribution in [3.05, 3.63) is 82.3 Å². The molecule has 0 atom stereocenters. The van der Waals surface area contributed by atoms with E-state index in [9.17, 15) is 9.59 Å². The van der Waals surface area contributed by atoms with E-state index in [4.69, 9.17) is 10.5 Å². The van der Waals surface area contributed by atoms with Crippen LogP contribution in [0.1, 0.15) is 42.7 Å². The monoisotopic (exact) mass is 681 g/mol. The van der Waals surface area contributed by atoms with E-state index in [0.717, 1.165) is 31.5 Å². The molecule has 3 aromatic heterocycles. The molecule has 1 aliphatic carbocycles. The maximum atomic E-state index is 15.4. The van der Waals surface area contributed by atoms with E-state index in [1.807, 2.05) is 6.07 Å². The van der Waals surface area contributed by atoms with E-state index < -0.39 is 11.4 Å². The lowest BCUT2D eigenvalue weighted by Crippen LogP contribution is -2.32. The van der Waals surface area contributed by atoms with Gasteiger partial charge in [-0.25, -0.2) is 4.39 Å². The van der Waals surface area contributed by atoms with Crippen LogP contribution in [0.5, 0.6) is 0 Å². The second kappa shape index (κ2) is 14.0. The first-order valence-electron chi connectivity index (χ1n) is 15.0. The Morgan fingerprint density at radius 2 is 1.89 bits per heavy atom. The van der Waals surface area contributed by atoms with Crippen LogP contribution in [0.4, 0.5) is 22.0 Å². The van der Waals surface area contributed by atoms with Crippen molar-refractivity contribution in [2.75, 3.05) is 24.1 Å². The number of benzene rings is 2. The Morgan fingerprint density at radius 1 is 1.11 bits per heavy atom. The highest BCUT2D eigenvalue weighted by atomic mass is 35.5. The third-order valence-corrected chi connectivity index (χ3v) is 8.32. The molecular weight excluding hydrogens is 648 g/mol. The smallest absolute Gasteiger partial charge is 0.309 e. The van der Waals surface area contributed by atoms with E-state index in [2.05, 4.69) is 30.7 Å². The van der Waals surface area contributed by atoms with Crippen molar-refractivity contribution in [1.82, 2.24) is 34.6 Å². The summed E-state index contributed by atoms with van der Waals surface area (Å²) >= 11 is 0. The van der Waals surface area contributed by atoms with Gasteiger partial charge in [0.2, 0.25) is 11.9 Å². The van der Waals surface area contributed by atoms with E-state index >= 15 is 4.39 Å². The molecule has 0 unspecified atom stereocenters. The Balaban J connectivity index is 0.00000217. The lowest BCUT2D eigenvalue weighted by atomic mass is 9.98. The minimum absolute atomic E-state index is 0. The van der Waals surface area contributed by atoms with E-state index in [0.29, 0.717) is 46.6 Å². The summed E-state index contributed by atoms with van der Waals surface area (Å²) in [4.78, 5) is 40.2. The van der Waals surface area contributed by atoms with Crippen LogP contribution < -0.4 is 21.9 Å². The highest BCUT2D eigenvalue weighted by Crippen LogP contribution is 2.41. The number of aromatic nitrogens is 6. The minimum atomic E-state index is -0.555. The molecule has 4 heterocycles. The Kier molecular flexibility index (Phi) is 10.1. The van der Waals surface area contributed by atoms with Gasteiger partial charge in [0.25, 0.3) is 5.56 Å². The summed E-state index contributed by atoms with van der Waals surface area (Å²) < 4.78 is 24.3. The highest BCUT2D eigenvalue weighted by Gasteiger charge is 2.27. The fraction of sp³-hybridized carbons (Fsp3) is 0.312. The zero-order chi connectivity index (χ0) is 31.1. The molecule has 0 spiro atoms. The van der Waals surface area contributed by atoms with Gasteiger partial charge < -0.3 is 21.1 Å². The number of pyridine rings is 1. The van der Waals surface area contributed by atoms with Gasteiger partial charge in [0.1, 0.15) is 12.4 Å². The maximum Gasteiger partial charge on any atom is 0.309 e. The molecular formula is C32H34Cl2FN9O3. The van der Waals surface area contributed by atoms with Crippen LogP contribution in [0.3, 0.4) is 0 Å². The number of nitrogens with two attached hydrogens (primary N) is 1. The number of nitrogen functional groups attached to an aromatic ring is 1. The first-order valence-corrected chi connectivity index (χ1v) is 15.0. The molecule has 0 radical (unpaired) electrons. The van der Waals surface area contributed by atoms with Crippen molar-refractivity contribution >= 4 is 59.1 Å². The number of esters is 1. The third-order valence-electron chi connectivity index (χ3n) is 8.32. The second-order valence-corrected chi connectivity index (χ2v) is 11.5. The number of piperidine rings is 1. The fourth-order valence-electron chi connectivity index (χ4n) is 5.86. The fourth-order valence-corrected chi connectivity index (χ4v) is 5.86. The Hall–Kier alpha value is -4.59. The average molecular weight is 683 g/mol. The highest BCUT2D eigenvalue weighted by molar-refractivity contribution is 5.86. The standard InChI is InChI=1S/C32H32FN9O3.2ClH/c1-41-16-22(15-36-41)37-32-39-28(38-31(34)40-32)23-3-2-4-26(24(23)17-45-30(44)19-7-10-35-11-8-19)42-12-9-20-13-21(18-5-6-18)14-25(33)27(20)29(42)43;;/h2-4,9,12-16,18-19,35H,5-8,10-11,17H2,1H3,(H3,34,37,38,39,40);2*1H. The largest absolute Gasteiger partial charge is 0.460 e. The quantitative estimate of drug-likeness (QED) is 0.194. The van der Waals surface area contributed by atoms with Crippen molar-refractivity contribution in [2.45, 2.75) is 38.2 Å². The molecule has 0 amide bonds. The molecule has 0 bridgehead atoms. The predicted octanol–water partition coefficient (Wildman–Crippen LogP) is 4.80. The number of ether oxygens (including phenoxy) is 1. The first kappa shape index (κ1) is 33.8. The van der Waals surface area contributed by atoms with Gasteiger partial charge in [-0.3, -0.25) is 18.8 Å². The van der Waals surface area contributed by atoms with Crippen LogP contribution in [0, 0.1) is 11.7 Å². The summed E-state index contributed by atoms with van der Waals surface area (Å²) in [5.41, 5.74) is 8.49. The zero-order valence-corrected chi connectivity index (χ0v) is 27.1. The molecule has 7 rings (SSSR count).